The summed E-state index contributed by atoms with van der Waals surface area (Å²) >= 11 is 1.54. The number of amides is 1. The fraction of sp³-hybridized carbons (Fsp3) is 0.188. The molecule has 1 aromatic carbocycles. The van der Waals surface area contributed by atoms with Crippen LogP contribution in [0.2, 0.25) is 0 Å². The molecular weight excluding hydrogens is 286 g/mol. The highest BCUT2D eigenvalue weighted by Crippen LogP contribution is 2.25. The lowest BCUT2D eigenvalue weighted by molar-refractivity contribution is -0.115. The van der Waals surface area contributed by atoms with Crippen molar-refractivity contribution in [3.63, 3.8) is 0 Å². The van der Waals surface area contributed by atoms with Crippen LogP contribution in [0.4, 0.5) is 5.69 Å². The van der Waals surface area contributed by atoms with Crippen LogP contribution in [0.3, 0.4) is 0 Å². The van der Waals surface area contributed by atoms with Crippen LogP contribution in [0.25, 0.3) is 0 Å². The molecule has 0 unspecified atom stereocenters. The number of nitrogens with one attached hydrogen (secondary N) is 1. The molecule has 1 heterocycles. The zero-order valence-electron chi connectivity index (χ0n) is 11.6. The first-order valence-corrected chi connectivity index (χ1v) is 7.21. The van der Waals surface area contributed by atoms with Gasteiger partial charge in [0, 0.05) is 10.4 Å². The van der Waals surface area contributed by atoms with Crippen molar-refractivity contribution in [2.75, 3.05) is 19.0 Å². The summed E-state index contributed by atoms with van der Waals surface area (Å²) in [5.41, 5.74) is 1.28. The highest BCUT2D eigenvalue weighted by Gasteiger charge is 2.09. The molecular formula is C16H15NO3S. The lowest BCUT2D eigenvalue weighted by Crippen LogP contribution is -2.14. The zero-order valence-corrected chi connectivity index (χ0v) is 12.4. The first-order chi connectivity index (χ1) is 10.2. The zero-order chi connectivity index (χ0) is 15.1. The number of thiophene rings is 1. The molecule has 0 aliphatic carbocycles. The number of methoxy groups -OCH3 is 1. The highest BCUT2D eigenvalue weighted by molar-refractivity contribution is 7.10. The van der Waals surface area contributed by atoms with E-state index in [0.29, 0.717) is 23.4 Å². The minimum Gasteiger partial charge on any atom is -0.495 e. The SMILES string of the molecule is COc1ccc(C#CCO)cc1NC(=O)Cc1cccs1. The number of aliphatic hydroxyl groups is 1. The van der Waals surface area contributed by atoms with Crippen LogP contribution in [-0.2, 0) is 11.2 Å². The second-order valence-corrected chi connectivity index (χ2v) is 5.21. The van der Waals surface area contributed by atoms with Crippen LogP contribution in [0.1, 0.15) is 10.4 Å². The van der Waals surface area contributed by atoms with Crippen LogP contribution in [0.15, 0.2) is 35.7 Å². The normalized spacial score (nSPS) is 9.62. The molecule has 0 bridgehead atoms. The van der Waals surface area contributed by atoms with Crippen molar-refractivity contribution in [2.24, 2.45) is 0 Å². The number of carbonyl (C=O) groups excluding carboxylic acids is 1. The molecule has 2 N–H and O–H groups in total. The van der Waals surface area contributed by atoms with Gasteiger partial charge in [-0.25, -0.2) is 0 Å². The van der Waals surface area contributed by atoms with Crippen molar-refractivity contribution in [1.82, 2.24) is 0 Å². The van der Waals surface area contributed by atoms with Crippen LogP contribution in [-0.4, -0.2) is 24.7 Å². The monoisotopic (exact) mass is 301 g/mol. The van der Waals surface area contributed by atoms with E-state index in [2.05, 4.69) is 17.2 Å². The highest BCUT2D eigenvalue weighted by atomic mass is 32.1. The number of benzene rings is 1. The van der Waals surface area contributed by atoms with Gasteiger partial charge in [0.25, 0.3) is 0 Å². The Bertz CT molecular complexity index is 669. The van der Waals surface area contributed by atoms with Gasteiger partial charge in [-0.05, 0) is 29.6 Å². The Morgan fingerprint density at radius 1 is 1.43 bits per heavy atom. The van der Waals surface area contributed by atoms with Crippen LogP contribution < -0.4 is 10.1 Å². The van der Waals surface area contributed by atoms with Crippen molar-refractivity contribution in [1.29, 1.82) is 0 Å². The lowest BCUT2D eigenvalue weighted by Gasteiger charge is -2.10. The maximum absolute atomic E-state index is 12.0. The number of rotatable bonds is 4. The molecule has 21 heavy (non-hydrogen) atoms. The quantitative estimate of drug-likeness (QED) is 0.852. The standard InChI is InChI=1S/C16H15NO3S/c1-20-15-7-6-12(4-2-8-18)10-14(15)17-16(19)11-13-5-3-9-21-13/h3,5-7,9-10,18H,8,11H2,1H3,(H,17,19). The van der Waals surface area contributed by atoms with Crippen molar-refractivity contribution < 1.29 is 14.6 Å². The number of ether oxygens (including phenoxy) is 1. The van der Waals surface area contributed by atoms with Gasteiger partial charge in [0.05, 0.1) is 19.2 Å². The van der Waals surface area contributed by atoms with E-state index in [4.69, 9.17) is 9.84 Å². The summed E-state index contributed by atoms with van der Waals surface area (Å²) < 4.78 is 5.23. The van der Waals surface area contributed by atoms with E-state index in [1.807, 2.05) is 17.5 Å². The Kier molecular flexibility index (Phi) is 5.38. The number of aliphatic hydroxyl groups excluding tert-OH is 1. The van der Waals surface area contributed by atoms with E-state index in [9.17, 15) is 4.79 Å². The van der Waals surface area contributed by atoms with Gasteiger partial charge in [0.15, 0.2) is 0 Å². The fourth-order valence-corrected chi connectivity index (χ4v) is 2.49. The number of carbonyl (C=O) groups is 1. The number of hydrogen-bond acceptors (Lipinski definition) is 4. The summed E-state index contributed by atoms with van der Waals surface area (Å²) in [7, 11) is 1.54. The smallest absolute Gasteiger partial charge is 0.229 e. The molecule has 1 aromatic heterocycles. The Morgan fingerprint density at radius 2 is 2.29 bits per heavy atom. The molecule has 0 saturated carbocycles. The molecule has 0 aliphatic heterocycles. The summed E-state index contributed by atoms with van der Waals surface area (Å²) in [5.74, 6) is 5.84. The Labute approximate surface area is 127 Å². The molecule has 0 fully saturated rings. The third-order valence-corrected chi connectivity index (χ3v) is 3.58. The van der Waals surface area contributed by atoms with Crippen molar-refractivity contribution in [3.05, 3.63) is 46.2 Å². The molecule has 2 rings (SSSR count). The van der Waals surface area contributed by atoms with Gasteiger partial charge in [0.2, 0.25) is 5.91 Å². The molecule has 0 aliphatic rings. The van der Waals surface area contributed by atoms with Gasteiger partial charge in [-0.2, -0.15) is 0 Å². The number of anilines is 1. The predicted octanol–water partition coefficient (Wildman–Crippen LogP) is 2.28. The van der Waals surface area contributed by atoms with Gasteiger partial charge in [0.1, 0.15) is 12.4 Å². The van der Waals surface area contributed by atoms with E-state index < -0.39 is 0 Å². The Balaban J connectivity index is 2.14. The average Bonchev–Trinajstić information content (AvgIpc) is 2.98. The first kappa shape index (κ1) is 15.1. The third-order valence-electron chi connectivity index (χ3n) is 2.70. The minimum absolute atomic E-state index is 0.108. The first-order valence-electron chi connectivity index (χ1n) is 6.33. The summed E-state index contributed by atoms with van der Waals surface area (Å²) in [5, 5.41) is 13.5. The van der Waals surface area contributed by atoms with Gasteiger partial charge < -0.3 is 15.2 Å². The van der Waals surface area contributed by atoms with Crippen molar-refractivity contribution in [3.8, 4) is 17.6 Å². The molecule has 0 saturated heterocycles. The third kappa shape index (κ3) is 4.35. The van der Waals surface area contributed by atoms with E-state index in [1.54, 1.807) is 36.6 Å². The summed E-state index contributed by atoms with van der Waals surface area (Å²) in [6.45, 7) is -0.202. The molecule has 0 radical (unpaired) electrons. The molecule has 4 nitrogen and oxygen atoms in total. The van der Waals surface area contributed by atoms with Crippen molar-refractivity contribution >= 4 is 22.9 Å². The lowest BCUT2D eigenvalue weighted by atomic mass is 10.2. The van der Waals surface area contributed by atoms with E-state index in [0.717, 1.165) is 4.88 Å². The summed E-state index contributed by atoms with van der Waals surface area (Å²) in [6, 6.07) is 9.08. The Morgan fingerprint density at radius 3 is 2.95 bits per heavy atom. The van der Waals surface area contributed by atoms with E-state index in [1.165, 1.54) is 0 Å². The molecule has 2 aromatic rings. The van der Waals surface area contributed by atoms with Gasteiger partial charge in [-0.15, -0.1) is 11.3 Å². The van der Waals surface area contributed by atoms with E-state index >= 15 is 0 Å². The molecule has 0 spiro atoms. The molecule has 0 atom stereocenters. The van der Waals surface area contributed by atoms with Gasteiger partial charge in [-0.3, -0.25) is 4.79 Å². The second-order valence-electron chi connectivity index (χ2n) is 4.18. The fourth-order valence-electron chi connectivity index (χ4n) is 1.79. The Hall–Kier alpha value is -2.29. The largest absolute Gasteiger partial charge is 0.495 e. The minimum atomic E-state index is -0.202. The maximum Gasteiger partial charge on any atom is 0.229 e. The average molecular weight is 301 g/mol. The van der Waals surface area contributed by atoms with Gasteiger partial charge in [-0.1, -0.05) is 17.9 Å². The summed E-state index contributed by atoms with van der Waals surface area (Å²) in [6.07, 6.45) is 0.327. The van der Waals surface area contributed by atoms with Gasteiger partial charge >= 0.3 is 0 Å². The van der Waals surface area contributed by atoms with Crippen LogP contribution >= 0.6 is 11.3 Å². The van der Waals surface area contributed by atoms with Crippen LogP contribution in [0.5, 0.6) is 5.75 Å². The summed E-state index contributed by atoms with van der Waals surface area (Å²) in [4.78, 5) is 13.0. The number of hydrogen-bond donors (Lipinski definition) is 2. The molecule has 5 heteroatoms. The van der Waals surface area contributed by atoms with E-state index in [-0.39, 0.29) is 12.5 Å². The maximum atomic E-state index is 12.0. The van der Waals surface area contributed by atoms with Crippen molar-refractivity contribution in [2.45, 2.75) is 6.42 Å². The predicted molar refractivity (Wildman–Crippen MR) is 83.6 cm³/mol. The second kappa shape index (κ2) is 7.48. The van der Waals surface area contributed by atoms with Crippen LogP contribution in [0, 0.1) is 11.8 Å². The topological polar surface area (TPSA) is 58.6 Å². The molecule has 1 amide bonds. The molecule has 108 valence electrons.